The summed E-state index contributed by atoms with van der Waals surface area (Å²) in [6.45, 7) is 0.725. The molecule has 0 bridgehead atoms. The number of halogens is 1. The van der Waals surface area contributed by atoms with E-state index in [0.29, 0.717) is 5.02 Å². The van der Waals surface area contributed by atoms with Gasteiger partial charge in [0.15, 0.2) is 0 Å². The van der Waals surface area contributed by atoms with Crippen molar-refractivity contribution in [3.05, 3.63) is 59.9 Å². The second-order valence-corrected chi connectivity index (χ2v) is 4.98. The number of aromatic nitrogens is 4. The van der Waals surface area contributed by atoms with Gasteiger partial charge >= 0.3 is 0 Å². The van der Waals surface area contributed by atoms with Gasteiger partial charge in [0.2, 0.25) is 0 Å². The molecule has 20 heavy (non-hydrogen) atoms. The molecule has 3 aromatic rings. The zero-order valence-electron chi connectivity index (χ0n) is 11.0. The van der Waals surface area contributed by atoms with E-state index in [1.165, 1.54) is 11.9 Å². The minimum absolute atomic E-state index is 0.685. The van der Waals surface area contributed by atoms with Gasteiger partial charge in [-0.1, -0.05) is 11.6 Å². The third kappa shape index (κ3) is 2.67. The van der Waals surface area contributed by atoms with E-state index in [1.54, 1.807) is 11.0 Å². The molecule has 0 aliphatic heterocycles. The van der Waals surface area contributed by atoms with E-state index >= 15 is 0 Å². The fourth-order valence-electron chi connectivity index (χ4n) is 2.05. The summed E-state index contributed by atoms with van der Waals surface area (Å²) in [6, 6.07) is 7.73. The maximum absolute atomic E-state index is 6.07. The van der Waals surface area contributed by atoms with Gasteiger partial charge in [-0.2, -0.15) is 5.10 Å². The Kier molecular flexibility index (Phi) is 3.43. The first kappa shape index (κ1) is 12.7. The molecule has 0 atom stereocenters. The molecule has 2 heterocycles. The topological polar surface area (TPSA) is 47.7 Å². The highest BCUT2D eigenvalue weighted by Crippen LogP contribution is 2.24. The second-order valence-electron chi connectivity index (χ2n) is 4.54. The number of hydrogen-bond acceptors (Lipinski definition) is 3. The van der Waals surface area contributed by atoms with Crippen molar-refractivity contribution in [2.24, 2.45) is 7.05 Å². The lowest BCUT2D eigenvalue weighted by Gasteiger charge is -2.11. The van der Waals surface area contributed by atoms with Crippen LogP contribution >= 0.6 is 11.6 Å². The number of nitrogens with zero attached hydrogens (tertiary/aromatic N) is 4. The van der Waals surface area contributed by atoms with Crippen LogP contribution in [0.15, 0.2) is 49.3 Å². The number of benzene rings is 1. The van der Waals surface area contributed by atoms with Crippen molar-refractivity contribution in [1.29, 1.82) is 0 Å². The molecule has 102 valence electrons. The van der Waals surface area contributed by atoms with E-state index < -0.39 is 0 Å². The Morgan fingerprint density at radius 2 is 2.20 bits per heavy atom. The molecular weight excluding hydrogens is 274 g/mol. The fourth-order valence-corrected chi connectivity index (χ4v) is 2.22. The summed E-state index contributed by atoms with van der Waals surface area (Å²) in [5.41, 5.74) is 3.05. The Labute approximate surface area is 121 Å². The second kappa shape index (κ2) is 5.38. The minimum Gasteiger partial charge on any atom is -0.379 e. The quantitative estimate of drug-likeness (QED) is 0.803. The first-order valence-corrected chi connectivity index (χ1v) is 6.59. The highest BCUT2D eigenvalue weighted by atomic mass is 35.5. The number of hydrogen-bond donors (Lipinski definition) is 1. The Morgan fingerprint density at radius 1 is 1.30 bits per heavy atom. The molecule has 0 aliphatic rings. The molecule has 0 spiro atoms. The molecular formula is C14H14ClN5. The maximum atomic E-state index is 6.07. The van der Waals surface area contributed by atoms with Gasteiger partial charge in [-0.25, -0.2) is 9.67 Å². The fraction of sp³-hybridized carbons (Fsp3) is 0.143. The van der Waals surface area contributed by atoms with Gasteiger partial charge < -0.3 is 9.88 Å². The van der Waals surface area contributed by atoms with Crippen LogP contribution in [0.5, 0.6) is 0 Å². The molecule has 1 aromatic carbocycles. The standard InChI is InChI=1S/C14H14ClN5/c1-19-5-4-11(8-19)7-17-13-6-12(15)2-3-14(13)20-10-16-9-18-20/h2-6,8-10,17H,7H2,1H3. The number of aryl methyl sites for hydroxylation is 1. The van der Waals surface area contributed by atoms with Gasteiger partial charge in [0.25, 0.3) is 0 Å². The van der Waals surface area contributed by atoms with Crippen LogP contribution in [0.3, 0.4) is 0 Å². The molecule has 5 nitrogen and oxygen atoms in total. The normalized spacial score (nSPS) is 10.7. The SMILES string of the molecule is Cn1ccc(CNc2cc(Cl)ccc2-n2cncn2)c1. The highest BCUT2D eigenvalue weighted by molar-refractivity contribution is 6.31. The molecule has 0 saturated heterocycles. The van der Waals surface area contributed by atoms with E-state index in [1.807, 2.05) is 36.0 Å². The van der Waals surface area contributed by atoms with Gasteiger partial charge in [-0.3, -0.25) is 0 Å². The summed E-state index contributed by atoms with van der Waals surface area (Å²) >= 11 is 6.07. The maximum Gasteiger partial charge on any atom is 0.138 e. The van der Waals surface area contributed by atoms with Crippen LogP contribution in [0.25, 0.3) is 5.69 Å². The summed E-state index contributed by atoms with van der Waals surface area (Å²) in [6.07, 6.45) is 7.27. The molecule has 0 saturated carbocycles. The highest BCUT2D eigenvalue weighted by Gasteiger charge is 2.06. The van der Waals surface area contributed by atoms with Crippen molar-refractivity contribution in [3.63, 3.8) is 0 Å². The van der Waals surface area contributed by atoms with Crippen LogP contribution in [-0.2, 0) is 13.6 Å². The lowest BCUT2D eigenvalue weighted by molar-refractivity contribution is 0.877. The van der Waals surface area contributed by atoms with Gasteiger partial charge in [0.1, 0.15) is 12.7 Å². The lowest BCUT2D eigenvalue weighted by Crippen LogP contribution is -2.04. The summed E-state index contributed by atoms with van der Waals surface area (Å²) in [4.78, 5) is 3.97. The number of nitrogens with one attached hydrogen (secondary N) is 1. The molecule has 0 radical (unpaired) electrons. The molecule has 3 rings (SSSR count). The molecule has 1 N–H and O–H groups in total. The van der Waals surface area contributed by atoms with E-state index in [4.69, 9.17) is 11.6 Å². The smallest absolute Gasteiger partial charge is 0.138 e. The molecule has 0 aliphatic carbocycles. The third-order valence-electron chi connectivity index (χ3n) is 3.00. The monoisotopic (exact) mass is 287 g/mol. The number of anilines is 1. The zero-order chi connectivity index (χ0) is 13.9. The van der Waals surface area contributed by atoms with Crippen molar-refractivity contribution in [2.75, 3.05) is 5.32 Å². The molecule has 0 amide bonds. The van der Waals surface area contributed by atoms with Gasteiger partial charge in [-0.05, 0) is 29.8 Å². The van der Waals surface area contributed by atoms with Crippen LogP contribution in [0, 0.1) is 0 Å². The molecule has 6 heteroatoms. The average Bonchev–Trinajstić information content (AvgIpc) is 3.08. The number of rotatable bonds is 4. The largest absolute Gasteiger partial charge is 0.379 e. The first-order chi connectivity index (χ1) is 9.72. The Hall–Kier alpha value is -2.27. The van der Waals surface area contributed by atoms with Crippen molar-refractivity contribution < 1.29 is 0 Å². The molecule has 0 fully saturated rings. The predicted octanol–water partition coefficient (Wildman–Crippen LogP) is 2.87. The van der Waals surface area contributed by atoms with Crippen molar-refractivity contribution >= 4 is 17.3 Å². The Balaban J connectivity index is 1.86. The lowest BCUT2D eigenvalue weighted by atomic mass is 10.2. The van der Waals surface area contributed by atoms with Crippen molar-refractivity contribution in [3.8, 4) is 5.69 Å². The van der Waals surface area contributed by atoms with Gasteiger partial charge in [0, 0.05) is 31.0 Å². The van der Waals surface area contributed by atoms with Crippen molar-refractivity contribution in [1.82, 2.24) is 19.3 Å². The van der Waals surface area contributed by atoms with Crippen LogP contribution in [0.2, 0.25) is 5.02 Å². The van der Waals surface area contributed by atoms with E-state index in [9.17, 15) is 0 Å². The van der Waals surface area contributed by atoms with Crippen LogP contribution < -0.4 is 5.32 Å². The zero-order valence-corrected chi connectivity index (χ0v) is 11.7. The van der Waals surface area contributed by atoms with E-state index in [-0.39, 0.29) is 0 Å². The Bertz CT molecular complexity index is 702. The van der Waals surface area contributed by atoms with Crippen molar-refractivity contribution in [2.45, 2.75) is 6.54 Å². The van der Waals surface area contributed by atoms with Gasteiger partial charge in [-0.15, -0.1) is 0 Å². The summed E-state index contributed by atoms with van der Waals surface area (Å²) < 4.78 is 3.73. The Morgan fingerprint density at radius 3 is 2.90 bits per heavy atom. The average molecular weight is 288 g/mol. The van der Waals surface area contributed by atoms with Gasteiger partial charge in [0.05, 0.1) is 11.4 Å². The van der Waals surface area contributed by atoms with Crippen LogP contribution in [-0.4, -0.2) is 19.3 Å². The molecule has 0 unspecified atom stereocenters. The summed E-state index contributed by atoms with van der Waals surface area (Å²) in [5.74, 6) is 0. The van der Waals surface area contributed by atoms with Crippen LogP contribution in [0.1, 0.15) is 5.56 Å². The minimum atomic E-state index is 0.685. The molecule has 2 aromatic heterocycles. The van der Waals surface area contributed by atoms with E-state index in [0.717, 1.165) is 17.9 Å². The van der Waals surface area contributed by atoms with E-state index in [2.05, 4.69) is 27.7 Å². The summed E-state index contributed by atoms with van der Waals surface area (Å²) in [7, 11) is 2.00. The first-order valence-electron chi connectivity index (χ1n) is 6.21. The third-order valence-corrected chi connectivity index (χ3v) is 3.24. The summed E-state index contributed by atoms with van der Waals surface area (Å²) in [5, 5.41) is 8.22. The predicted molar refractivity (Wildman–Crippen MR) is 79.1 cm³/mol. The van der Waals surface area contributed by atoms with Crippen LogP contribution in [0.4, 0.5) is 5.69 Å².